The van der Waals surface area contributed by atoms with E-state index in [0.717, 1.165) is 24.2 Å². The average Bonchev–Trinajstić information content (AvgIpc) is 3.31. The first-order valence-electron chi connectivity index (χ1n) is 11.0. The molecule has 0 atom stereocenters. The smallest absolute Gasteiger partial charge is 0.410 e. The number of halogens is 1. The Morgan fingerprint density at radius 2 is 2.06 bits per heavy atom. The van der Waals surface area contributed by atoms with Gasteiger partial charge in [-0.1, -0.05) is 0 Å². The van der Waals surface area contributed by atoms with Gasteiger partial charge in [0.2, 0.25) is 4.96 Å². The van der Waals surface area contributed by atoms with Crippen LogP contribution in [0.5, 0.6) is 5.19 Å². The van der Waals surface area contributed by atoms with E-state index in [-0.39, 0.29) is 11.9 Å². The van der Waals surface area contributed by atoms with E-state index >= 15 is 0 Å². The van der Waals surface area contributed by atoms with Gasteiger partial charge in [-0.2, -0.15) is 0 Å². The maximum Gasteiger partial charge on any atom is 0.410 e. The first-order valence-corrected chi connectivity index (χ1v) is 13.1. The third-order valence-corrected chi connectivity index (χ3v) is 7.06. The van der Waals surface area contributed by atoms with Gasteiger partial charge >= 0.3 is 6.09 Å². The summed E-state index contributed by atoms with van der Waals surface area (Å²) in [4.78, 5) is 20.0. The molecule has 1 aliphatic heterocycles. The van der Waals surface area contributed by atoms with Crippen LogP contribution in [0.2, 0.25) is 0 Å². The van der Waals surface area contributed by atoms with E-state index in [1.807, 2.05) is 33.1 Å². The molecule has 4 rings (SSSR count). The Balaban J connectivity index is 1.26. The number of nitrogens with zero attached hydrogens (tertiary/aromatic N) is 4. The molecule has 0 N–H and O–H groups in total. The molecule has 1 aromatic carbocycles. The predicted molar refractivity (Wildman–Crippen MR) is 129 cm³/mol. The molecule has 3 aromatic rings. The lowest BCUT2D eigenvalue weighted by atomic mass is 9.94. The zero-order valence-electron chi connectivity index (χ0n) is 19.3. The van der Waals surface area contributed by atoms with Crippen molar-refractivity contribution in [2.24, 2.45) is 5.92 Å². The van der Waals surface area contributed by atoms with Crippen molar-refractivity contribution < 1.29 is 18.7 Å². The molecule has 2 aromatic heterocycles. The van der Waals surface area contributed by atoms with Crippen molar-refractivity contribution in [1.29, 1.82) is 0 Å². The molecule has 178 valence electrons. The summed E-state index contributed by atoms with van der Waals surface area (Å²) in [6.07, 6.45) is 6.19. The lowest BCUT2D eigenvalue weighted by Crippen LogP contribution is -2.41. The fourth-order valence-corrected chi connectivity index (χ4v) is 4.93. The zero-order valence-corrected chi connectivity index (χ0v) is 21.0. The number of benzene rings is 1. The largest absolute Gasteiger partial charge is 0.469 e. The Kier molecular flexibility index (Phi) is 7.13. The summed E-state index contributed by atoms with van der Waals surface area (Å²) in [5.41, 5.74) is 0.552. The van der Waals surface area contributed by atoms with Crippen molar-refractivity contribution in [3.05, 3.63) is 30.2 Å². The van der Waals surface area contributed by atoms with Gasteiger partial charge in [0.05, 0.1) is 18.5 Å². The molecule has 3 heterocycles. The van der Waals surface area contributed by atoms with Gasteiger partial charge in [0, 0.05) is 23.5 Å². The van der Waals surface area contributed by atoms with E-state index in [1.165, 1.54) is 29.2 Å². The van der Waals surface area contributed by atoms with Crippen LogP contribution in [0.1, 0.15) is 40.0 Å². The Morgan fingerprint density at radius 1 is 1.30 bits per heavy atom. The molecule has 1 saturated heterocycles. The normalized spacial score (nSPS) is 15.2. The number of piperidine rings is 1. The van der Waals surface area contributed by atoms with E-state index in [9.17, 15) is 9.18 Å². The number of hydrogen-bond acceptors (Lipinski definition) is 7. The number of ether oxygens (including phenoxy) is 2. The van der Waals surface area contributed by atoms with Crippen LogP contribution >= 0.6 is 23.1 Å². The highest BCUT2D eigenvalue weighted by Crippen LogP contribution is 2.30. The van der Waals surface area contributed by atoms with Crippen molar-refractivity contribution in [3.63, 3.8) is 0 Å². The van der Waals surface area contributed by atoms with E-state index in [2.05, 4.69) is 10.1 Å². The van der Waals surface area contributed by atoms with Gasteiger partial charge in [0.15, 0.2) is 0 Å². The molecule has 10 heteroatoms. The fourth-order valence-electron chi connectivity index (χ4n) is 3.74. The van der Waals surface area contributed by atoms with Crippen molar-refractivity contribution in [1.82, 2.24) is 19.5 Å². The van der Waals surface area contributed by atoms with E-state index in [4.69, 9.17) is 9.47 Å². The topological polar surface area (TPSA) is 69.0 Å². The second kappa shape index (κ2) is 9.89. The van der Waals surface area contributed by atoms with Crippen molar-refractivity contribution >= 4 is 34.2 Å². The van der Waals surface area contributed by atoms with Gasteiger partial charge in [-0.25, -0.2) is 18.7 Å². The highest BCUT2D eigenvalue weighted by molar-refractivity contribution is 7.98. The number of rotatable bonds is 6. The summed E-state index contributed by atoms with van der Waals surface area (Å²) in [5, 5.41) is 4.98. The van der Waals surface area contributed by atoms with Gasteiger partial charge in [-0.3, -0.25) is 0 Å². The molecule has 0 unspecified atom stereocenters. The molecule has 1 amide bonds. The number of thioether (sulfide) groups is 1. The first kappa shape index (κ1) is 23.8. The maximum atomic E-state index is 14.4. The highest BCUT2D eigenvalue weighted by Gasteiger charge is 2.26. The Hall–Kier alpha value is -2.33. The van der Waals surface area contributed by atoms with E-state index in [0.29, 0.717) is 47.0 Å². The number of carbonyl (C=O) groups is 1. The number of hydrogen-bond donors (Lipinski definition) is 0. The summed E-state index contributed by atoms with van der Waals surface area (Å²) in [6, 6.07) is 5.16. The zero-order chi connectivity index (χ0) is 23.6. The second-order valence-electron chi connectivity index (χ2n) is 9.11. The standard InChI is InChI=1S/C23H29FN4O3S2/c1-23(2,3)31-22(29)27-10-7-15(8-11-27)9-12-30-21-26-28-14-19(25-20(28)33-21)17-6-5-16(32-4)13-18(17)24/h5-6,13-15H,7-12H2,1-4H3. The average molecular weight is 493 g/mol. The molecule has 1 fully saturated rings. The summed E-state index contributed by atoms with van der Waals surface area (Å²) in [7, 11) is 0. The number of likely N-dealkylation sites (tertiary alicyclic amines) is 1. The molecule has 0 spiro atoms. The van der Waals surface area contributed by atoms with Gasteiger partial charge in [0.25, 0.3) is 5.19 Å². The molecular weight excluding hydrogens is 463 g/mol. The van der Waals surface area contributed by atoms with Crippen LogP contribution in [0.4, 0.5) is 9.18 Å². The molecule has 0 aliphatic carbocycles. The van der Waals surface area contributed by atoms with Gasteiger partial charge < -0.3 is 14.4 Å². The number of carbonyl (C=O) groups excluding carboxylic acids is 1. The lowest BCUT2D eigenvalue weighted by Gasteiger charge is -2.33. The summed E-state index contributed by atoms with van der Waals surface area (Å²) in [5.74, 6) is 0.216. The molecule has 0 bridgehead atoms. The van der Waals surface area contributed by atoms with Crippen LogP contribution in [0.15, 0.2) is 29.3 Å². The van der Waals surface area contributed by atoms with Crippen molar-refractivity contribution in [2.75, 3.05) is 26.0 Å². The second-order valence-corrected chi connectivity index (χ2v) is 10.9. The quantitative estimate of drug-likeness (QED) is 0.409. The maximum absolute atomic E-state index is 14.4. The molecular formula is C23H29FN4O3S2. The SMILES string of the molecule is CSc1ccc(-c2cn3nc(OCCC4CCN(C(=O)OC(C)(C)C)CC4)sc3n2)c(F)c1. The lowest BCUT2D eigenvalue weighted by molar-refractivity contribution is 0.0177. The number of fused-ring (bicyclic) bond motifs is 1. The number of imidazole rings is 1. The van der Waals surface area contributed by atoms with E-state index in [1.54, 1.807) is 21.7 Å². The number of aromatic nitrogens is 3. The Morgan fingerprint density at radius 3 is 2.70 bits per heavy atom. The van der Waals surface area contributed by atoms with E-state index < -0.39 is 5.60 Å². The van der Waals surface area contributed by atoms with Gasteiger partial charge in [-0.05, 0) is 81.7 Å². The van der Waals surface area contributed by atoms with Crippen LogP contribution in [-0.2, 0) is 4.74 Å². The van der Waals surface area contributed by atoms with Crippen LogP contribution in [0, 0.1) is 11.7 Å². The summed E-state index contributed by atoms with van der Waals surface area (Å²) >= 11 is 2.85. The minimum atomic E-state index is -0.469. The summed E-state index contributed by atoms with van der Waals surface area (Å²) < 4.78 is 27.3. The molecule has 0 saturated carbocycles. The minimum Gasteiger partial charge on any atom is -0.469 e. The predicted octanol–water partition coefficient (Wildman–Crippen LogP) is 5.73. The monoisotopic (exact) mass is 492 g/mol. The summed E-state index contributed by atoms with van der Waals surface area (Å²) in [6.45, 7) is 7.63. The fraction of sp³-hybridized carbons (Fsp3) is 0.522. The van der Waals surface area contributed by atoms with Gasteiger partial charge in [-0.15, -0.1) is 16.9 Å². The molecule has 7 nitrogen and oxygen atoms in total. The highest BCUT2D eigenvalue weighted by atomic mass is 32.2. The van der Waals surface area contributed by atoms with Crippen LogP contribution in [-0.4, -0.2) is 57.1 Å². The van der Waals surface area contributed by atoms with Crippen LogP contribution in [0.3, 0.4) is 0 Å². The van der Waals surface area contributed by atoms with Gasteiger partial charge in [0.1, 0.15) is 11.4 Å². The first-order chi connectivity index (χ1) is 15.7. The van der Waals surface area contributed by atoms with Crippen LogP contribution in [0.25, 0.3) is 16.2 Å². The molecule has 33 heavy (non-hydrogen) atoms. The Bertz CT molecular complexity index is 1090. The molecule has 0 radical (unpaired) electrons. The van der Waals surface area contributed by atoms with Crippen LogP contribution < -0.4 is 4.74 Å². The van der Waals surface area contributed by atoms with Crippen molar-refractivity contribution in [2.45, 2.75) is 50.5 Å². The third kappa shape index (κ3) is 5.97. The number of amides is 1. The molecule has 1 aliphatic rings. The Labute approximate surface area is 201 Å². The minimum absolute atomic E-state index is 0.234. The van der Waals surface area contributed by atoms with Crippen molar-refractivity contribution in [3.8, 4) is 16.5 Å². The third-order valence-electron chi connectivity index (χ3n) is 5.49.